The van der Waals surface area contributed by atoms with E-state index in [1.165, 1.54) is 0 Å². The molecule has 0 aliphatic carbocycles. The van der Waals surface area contributed by atoms with E-state index < -0.39 is 11.7 Å². The fraction of sp³-hybridized carbons (Fsp3) is 0.421. The van der Waals surface area contributed by atoms with Gasteiger partial charge >= 0.3 is 0 Å². The highest BCUT2D eigenvalue weighted by molar-refractivity contribution is 6.35. The third kappa shape index (κ3) is 4.48. The fourth-order valence-electron chi connectivity index (χ4n) is 2.86. The first-order chi connectivity index (χ1) is 11.5. The molecule has 2 rings (SSSR count). The summed E-state index contributed by atoms with van der Waals surface area (Å²) in [5.41, 5.74) is -0.401. The Hall–Kier alpha value is -1.13. The Kier molecular flexibility index (Phi) is 7.05. The van der Waals surface area contributed by atoms with Crippen molar-refractivity contribution in [1.29, 1.82) is 0 Å². The average Bonchev–Trinajstić information content (AvgIpc) is 2.59. The second kappa shape index (κ2) is 8.82. The van der Waals surface area contributed by atoms with Crippen molar-refractivity contribution in [3.63, 3.8) is 0 Å². The van der Waals surface area contributed by atoms with Gasteiger partial charge in [0.2, 0.25) is 0 Å². The van der Waals surface area contributed by atoms with E-state index in [9.17, 15) is 10.2 Å². The van der Waals surface area contributed by atoms with Gasteiger partial charge in [-0.2, -0.15) is 0 Å². The fourth-order valence-corrected chi connectivity index (χ4v) is 3.37. The zero-order valence-corrected chi connectivity index (χ0v) is 15.3. The van der Waals surface area contributed by atoms with E-state index in [0.717, 1.165) is 25.7 Å². The minimum atomic E-state index is -1.44. The Morgan fingerprint density at radius 2 is 1.96 bits per heavy atom. The normalized spacial score (nSPS) is 15.0. The van der Waals surface area contributed by atoms with Crippen LogP contribution in [0.4, 0.5) is 0 Å². The molecule has 3 nitrogen and oxygen atoms in total. The SMILES string of the molecule is CCCCCCC(O)(c1cccnc1)C(O)c1ccc(Cl)cc1Cl. The lowest BCUT2D eigenvalue weighted by Gasteiger charge is -2.34. The maximum Gasteiger partial charge on any atom is 0.121 e. The Labute approximate surface area is 153 Å². The maximum absolute atomic E-state index is 11.3. The second-order valence-corrected chi connectivity index (χ2v) is 6.89. The molecule has 0 aliphatic heterocycles. The molecule has 5 heteroatoms. The number of aliphatic hydroxyl groups excluding tert-OH is 1. The van der Waals surface area contributed by atoms with Gasteiger partial charge < -0.3 is 10.2 Å². The maximum atomic E-state index is 11.3. The van der Waals surface area contributed by atoms with Crippen LogP contribution in [-0.2, 0) is 5.60 Å². The molecule has 1 aromatic carbocycles. The first kappa shape index (κ1) is 19.2. The van der Waals surface area contributed by atoms with Crippen molar-refractivity contribution in [3.8, 4) is 0 Å². The number of aliphatic hydroxyl groups is 2. The van der Waals surface area contributed by atoms with E-state index in [1.54, 1.807) is 42.7 Å². The third-order valence-corrected chi connectivity index (χ3v) is 4.84. The van der Waals surface area contributed by atoms with Crippen LogP contribution in [0.1, 0.15) is 56.3 Å². The van der Waals surface area contributed by atoms with Gasteiger partial charge in [-0.1, -0.05) is 67.9 Å². The zero-order chi connectivity index (χ0) is 17.6. The van der Waals surface area contributed by atoms with Crippen LogP contribution >= 0.6 is 23.2 Å². The van der Waals surface area contributed by atoms with Gasteiger partial charge in [-0.25, -0.2) is 0 Å². The van der Waals surface area contributed by atoms with E-state index in [-0.39, 0.29) is 0 Å². The summed E-state index contributed by atoms with van der Waals surface area (Å²) in [6.45, 7) is 2.13. The van der Waals surface area contributed by atoms with Crippen LogP contribution in [0, 0.1) is 0 Å². The molecule has 2 unspecified atom stereocenters. The van der Waals surface area contributed by atoms with E-state index in [0.29, 0.717) is 27.6 Å². The molecule has 0 spiro atoms. The van der Waals surface area contributed by atoms with Crippen LogP contribution in [0.25, 0.3) is 0 Å². The Morgan fingerprint density at radius 3 is 2.58 bits per heavy atom. The van der Waals surface area contributed by atoms with Crippen molar-refractivity contribution in [2.75, 3.05) is 0 Å². The second-order valence-electron chi connectivity index (χ2n) is 6.04. The average molecular weight is 368 g/mol. The molecule has 1 heterocycles. The number of rotatable bonds is 8. The van der Waals surface area contributed by atoms with E-state index in [4.69, 9.17) is 23.2 Å². The van der Waals surface area contributed by atoms with Crippen LogP contribution in [0.3, 0.4) is 0 Å². The summed E-state index contributed by atoms with van der Waals surface area (Å²) in [6.07, 6.45) is 6.52. The Morgan fingerprint density at radius 1 is 1.17 bits per heavy atom. The summed E-state index contributed by atoms with van der Waals surface area (Å²) in [6, 6.07) is 8.42. The third-order valence-electron chi connectivity index (χ3n) is 4.28. The smallest absolute Gasteiger partial charge is 0.121 e. The molecule has 2 aromatic rings. The molecule has 2 N–H and O–H groups in total. The summed E-state index contributed by atoms with van der Waals surface area (Å²) in [7, 11) is 0. The van der Waals surface area contributed by atoms with Gasteiger partial charge in [0.25, 0.3) is 0 Å². The quantitative estimate of drug-likeness (QED) is 0.624. The number of halogens is 2. The van der Waals surface area contributed by atoms with Crippen molar-refractivity contribution in [2.24, 2.45) is 0 Å². The molecule has 0 aliphatic rings. The van der Waals surface area contributed by atoms with Gasteiger partial charge in [-0.05, 0) is 24.6 Å². The van der Waals surface area contributed by atoms with Gasteiger partial charge in [-0.3, -0.25) is 4.98 Å². The number of hydrogen-bond donors (Lipinski definition) is 2. The number of hydrogen-bond acceptors (Lipinski definition) is 3. The van der Waals surface area contributed by atoms with Crippen LogP contribution in [0.5, 0.6) is 0 Å². The molecule has 1 aromatic heterocycles. The Balaban J connectivity index is 2.33. The topological polar surface area (TPSA) is 53.4 Å². The van der Waals surface area contributed by atoms with Crippen molar-refractivity contribution >= 4 is 23.2 Å². The van der Waals surface area contributed by atoms with Crippen molar-refractivity contribution in [3.05, 3.63) is 63.9 Å². The molecule has 0 radical (unpaired) electrons. The molecule has 0 saturated carbocycles. The number of aromatic nitrogens is 1. The van der Waals surface area contributed by atoms with Gasteiger partial charge in [0.05, 0.1) is 0 Å². The van der Waals surface area contributed by atoms with Gasteiger partial charge in [0.1, 0.15) is 11.7 Å². The largest absolute Gasteiger partial charge is 0.385 e. The molecule has 24 heavy (non-hydrogen) atoms. The van der Waals surface area contributed by atoms with E-state index >= 15 is 0 Å². The summed E-state index contributed by atoms with van der Waals surface area (Å²) in [4.78, 5) is 4.08. The zero-order valence-electron chi connectivity index (χ0n) is 13.8. The monoisotopic (exact) mass is 367 g/mol. The van der Waals surface area contributed by atoms with Crippen molar-refractivity contribution in [2.45, 2.75) is 50.7 Å². The highest BCUT2D eigenvalue weighted by Crippen LogP contribution is 2.41. The number of nitrogens with zero attached hydrogens (tertiary/aromatic N) is 1. The van der Waals surface area contributed by atoms with Gasteiger partial charge in [0.15, 0.2) is 0 Å². The first-order valence-corrected chi connectivity index (χ1v) is 9.00. The molecule has 0 amide bonds. The predicted octanol–water partition coefficient (Wildman–Crippen LogP) is 5.28. The lowest BCUT2D eigenvalue weighted by atomic mass is 9.81. The lowest BCUT2D eigenvalue weighted by molar-refractivity contribution is -0.0905. The van der Waals surface area contributed by atoms with Crippen molar-refractivity contribution in [1.82, 2.24) is 4.98 Å². The molecule has 0 bridgehead atoms. The van der Waals surface area contributed by atoms with Crippen LogP contribution in [0.2, 0.25) is 10.0 Å². The van der Waals surface area contributed by atoms with Crippen molar-refractivity contribution < 1.29 is 10.2 Å². The lowest BCUT2D eigenvalue weighted by Crippen LogP contribution is -2.34. The minimum absolute atomic E-state index is 0.339. The predicted molar refractivity (Wildman–Crippen MR) is 98.3 cm³/mol. The molecule has 2 atom stereocenters. The van der Waals surface area contributed by atoms with Gasteiger partial charge in [-0.15, -0.1) is 0 Å². The molecule has 0 fully saturated rings. The molecular weight excluding hydrogens is 345 g/mol. The van der Waals surface area contributed by atoms with E-state index in [2.05, 4.69) is 11.9 Å². The van der Waals surface area contributed by atoms with E-state index in [1.807, 2.05) is 0 Å². The highest BCUT2D eigenvalue weighted by Gasteiger charge is 2.39. The standard InChI is InChI=1S/C19H23Cl2NO2/c1-2-3-4-5-10-19(24,14-7-6-11-22-13-14)18(23)16-9-8-15(20)12-17(16)21/h6-9,11-13,18,23-24H,2-5,10H2,1H3. The summed E-state index contributed by atoms with van der Waals surface area (Å²) in [5.74, 6) is 0. The Bertz CT molecular complexity index is 651. The molecule has 0 saturated heterocycles. The summed E-state index contributed by atoms with van der Waals surface area (Å²) >= 11 is 12.2. The number of pyridine rings is 1. The molecular formula is C19H23Cl2NO2. The summed E-state index contributed by atoms with van der Waals surface area (Å²) < 4.78 is 0. The number of benzene rings is 1. The first-order valence-electron chi connectivity index (χ1n) is 8.25. The van der Waals surface area contributed by atoms with Crippen LogP contribution < -0.4 is 0 Å². The highest BCUT2D eigenvalue weighted by atomic mass is 35.5. The summed E-state index contributed by atoms with van der Waals surface area (Å²) in [5, 5.41) is 23.1. The number of unbranched alkanes of at least 4 members (excludes halogenated alkanes) is 3. The molecule has 130 valence electrons. The van der Waals surface area contributed by atoms with Crippen LogP contribution in [-0.4, -0.2) is 15.2 Å². The minimum Gasteiger partial charge on any atom is -0.385 e. The van der Waals surface area contributed by atoms with Crippen LogP contribution in [0.15, 0.2) is 42.7 Å². The van der Waals surface area contributed by atoms with Gasteiger partial charge in [0, 0.05) is 33.6 Å².